The van der Waals surface area contributed by atoms with Crippen LogP contribution in [0.3, 0.4) is 0 Å². The van der Waals surface area contributed by atoms with Crippen LogP contribution in [0.1, 0.15) is 41.5 Å². The van der Waals surface area contributed by atoms with Gasteiger partial charge in [-0.3, -0.25) is 0 Å². The Labute approximate surface area is 146 Å². The standard InChI is InChI=1S/C9H21BO6.K.H/c1-7(2)11-14-10(15-12-8(3)4)16-13-9(5)6;;/h7-9H,1-6H3;;. The molecule has 6 nitrogen and oxygen atoms in total. The first kappa shape index (κ1) is 20.8. The maximum absolute atomic E-state index is 4.86. The second-order valence-electron chi connectivity index (χ2n) is 4.01. The van der Waals surface area contributed by atoms with Crippen LogP contribution in [0.5, 0.6) is 0 Å². The summed E-state index contributed by atoms with van der Waals surface area (Å²) in [6.45, 7) is 10.9. The fourth-order valence-corrected chi connectivity index (χ4v) is 0.518. The predicted octanol–water partition coefficient (Wildman–Crippen LogP) is 1.39. The van der Waals surface area contributed by atoms with Gasteiger partial charge in [0.2, 0.25) is 0 Å². The first-order valence-corrected chi connectivity index (χ1v) is 5.38. The molecule has 0 aromatic carbocycles. The van der Waals surface area contributed by atoms with Crippen LogP contribution in [0, 0.1) is 0 Å². The van der Waals surface area contributed by atoms with Crippen LogP contribution in [0.15, 0.2) is 0 Å². The van der Waals surface area contributed by atoms with Gasteiger partial charge in [0.1, 0.15) is 0 Å². The van der Waals surface area contributed by atoms with Crippen molar-refractivity contribution in [1.82, 2.24) is 0 Å². The average molecular weight is 276 g/mol. The average Bonchev–Trinajstić information content (AvgIpc) is 2.15. The Kier molecular flexibility index (Phi) is 15.3. The Morgan fingerprint density at radius 1 is 0.588 bits per heavy atom. The molecule has 0 bridgehead atoms. The first-order valence-electron chi connectivity index (χ1n) is 5.38. The summed E-state index contributed by atoms with van der Waals surface area (Å²) in [6, 6.07) is 0. The minimum absolute atomic E-state index is 0. The van der Waals surface area contributed by atoms with Gasteiger partial charge in [0.15, 0.2) is 0 Å². The first-order chi connectivity index (χ1) is 7.41. The summed E-state index contributed by atoms with van der Waals surface area (Å²) in [4.78, 5) is 29.0. The van der Waals surface area contributed by atoms with Crippen LogP contribution in [0.25, 0.3) is 0 Å². The topological polar surface area (TPSA) is 55.4 Å². The fourth-order valence-electron chi connectivity index (χ4n) is 0.518. The zero-order valence-electron chi connectivity index (χ0n) is 10.8. The van der Waals surface area contributed by atoms with Gasteiger partial charge in [-0.05, 0) is 41.5 Å². The van der Waals surface area contributed by atoms with E-state index in [1.807, 2.05) is 41.5 Å². The van der Waals surface area contributed by atoms with Crippen LogP contribution >= 0.6 is 0 Å². The van der Waals surface area contributed by atoms with E-state index >= 15 is 0 Å². The molecule has 98 valence electrons. The molecule has 0 radical (unpaired) electrons. The molecular weight excluding hydrogens is 254 g/mol. The third-order valence-electron chi connectivity index (χ3n) is 0.980. The van der Waals surface area contributed by atoms with E-state index in [4.69, 9.17) is 29.1 Å². The van der Waals surface area contributed by atoms with Crippen molar-refractivity contribution in [3.8, 4) is 0 Å². The van der Waals surface area contributed by atoms with Crippen LogP contribution in [0.4, 0.5) is 0 Å². The van der Waals surface area contributed by atoms with Crippen molar-refractivity contribution in [2.24, 2.45) is 0 Å². The van der Waals surface area contributed by atoms with E-state index < -0.39 is 7.32 Å². The summed E-state index contributed by atoms with van der Waals surface area (Å²) < 4.78 is 0. The monoisotopic (exact) mass is 276 g/mol. The van der Waals surface area contributed by atoms with Crippen molar-refractivity contribution in [2.45, 2.75) is 59.9 Å². The van der Waals surface area contributed by atoms with Crippen molar-refractivity contribution in [2.75, 3.05) is 0 Å². The van der Waals surface area contributed by atoms with E-state index in [-0.39, 0.29) is 69.7 Å². The van der Waals surface area contributed by atoms with Gasteiger partial charge in [0.05, 0.1) is 18.3 Å². The van der Waals surface area contributed by atoms with Crippen LogP contribution in [-0.4, -0.2) is 77.0 Å². The fraction of sp³-hybridized carbons (Fsp3) is 1.00. The molecule has 0 aliphatic carbocycles. The van der Waals surface area contributed by atoms with Crippen LogP contribution < -0.4 is 0 Å². The molecule has 0 fully saturated rings. The summed E-state index contributed by atoms with van der Waals surface area (Å²) >= 11 is 0. The Balaban J connectivity index is 0. The molecule has 0 aliphatic rings. The maximum atomic E-state index is 4.86. The van der Waals surface area contributed by atoms with Crippen molar-refractivity contribution >= 4 is 58.7 Å². The Morgan fingerprint density at radius 3 is 1.00 bits per heavy atom. The van der Waals surface area contributed by atoms with Gasteiger partial charge >= 0.3 is 58.7 Å². The Morgan fingerprint density at radius 2 is 0.824 bits per heavy atom. The van der Waals surface area contributed by atoms with Gasteiger partial charge in [0.25, 0.3) is 0 Å². The second-order valence-corrected chi connectivity index (χ2v) is 4.01. The van der Waals surface area contributed by atoms with Gasteiger partial charge in [-0.15, -0.1) is 0 Å². The van der Waals surface area contributed by atoms with Gasteiger partial charge in [-0.25, -0.2) is 29.1 Å². The second kappa shape index (κ2) is 12.5. The molecule has 0 saturated heterocycles. The molecule has 0 heterocycles. The van der Waals surface area contributed by atoms with Crippen LogP contribution in [-0.2, 0) is 29.1 Å². The van der Waals surface area contributed by atoms with E-state index in [2.05, 4.69) is 0 Å². The van der Waals surface area contributed by atoms with E-state index in [1.54, 1.807) is 0 Å². The van der Waals surface area contributed by atoms with Crippen molar-refractivity contribution in [3.63, 3.8) is 0 Å². The minimum atomic E-state index is -1.17. The molecule has 0 rings (SSSR count). The van der Waals surface area contributed by atoms with E-state index in [0.717, 1.165) is 0 Å². The molecule has 0 atom stereocenters. The SMILES string of the molecule is CC(C)OOB(OOC(C)C)OOC(C)C.[KH]. The molecule has 0 amide bonds. The molecular formula is C9H22BKO6. The van der Waals surface area contributed by atoms with E-state index in [9.17, 15) is 0 Å². The molecule has 8 heteroatoms. The molecule has 0 aromatic rings. The molecule has 0 N–H and O–H groups in total. The molecule has 0 spiro atoms. The van der Waals surface area contributed by atoms with Gasteiger partial charge in [0, 0.05) is 0 Å². The van der Waals surface area contributed by atoms with E-state index in [1.165, 1.54) is 0 Å². The van der Waals surface area contributed by atoms with Crippen LogP contribution in [0.2, 0.25) is 0 Å². The quantitative estimate of drug-likeness (QED) is 0.360. The number of hydrogen-bond acceptors (Lipinski definition) is 6. The van der Waals surface area contributed by atoms with Gasteiger partial charge in [-0.1, -0.05) is 0 Å². The molecule has 0 aromatic heterocycles. The molecule has 0 unspecified atom stereocenters. The van der Waals surface area contributed by atoms with Gasteiger partial charge in [-0.2, -0.15) is 0 Å². The van der Waals surface area contributed by atoms with Crippen molar-refractivity contribution in [1.29, 1.82) is 0 Å². The predicted molar refractivity (Wildman–Crippen MR) is 64.8 cm³/mol. The summed E-state index contributed by atoms with van der Waals surface area (Å²) in [5.41, 5.74) is 0. The van der Waals surface area contributed by atoms with Crippen molar-refractivity contribution in [3.05, 3.63) is 0 Å². The number of rotatable bonds is 9. The summed E-state index contributed by atoms with van der Waals surface area (Å²) in [5.74, 6) is 0. The molecule has 0 aliphatic heterocycles. The summed E-state index contributed by atoms with van der Waals surface area (Å²) in [7, 11) is -1.17. The summed E-state index contributed by atoms with van der Waals surface area (Å²) in [5, 5.41) is 0. The Hall–Kier alpha value is 1.46. The Bertz CT molecular complexity index is 141. The van der Waals surface area contributed by atoms with Gasteiger partial charge < -0.3 is 0 Å². The molecule has 0 saturated carbocycles. The molecule has 17 heavy (non-hydrogen) atoms. The summed E-state index contributed by atoms with van der Waals surface area (Å²) in [6.07, 6.45) is -0.353. The third kappa shape index (κ3) is 15.4. The number of hydrogen-bond donors (Lipinski definition) is 0. The van der Waals surface area contributed by atoms with Crippen molar-refractivity contribution < 1.29 is 29.1 Å². The third-order valence-corrected chi connectivity index (χ3v) is 0.980. The zero-order valence-corrected chi connectivity index (χ0v) is 10.8. The normalized spacial score (nSPS) is 11.1. The van der Waals surface area contributed by atoms with E-state index in [0.29, 0.717) is 0 Å². The zero-order chi connectivity index (χ0) is 12.6.